The lowest BCUT2D eigenvalue weighted by Crippen LogP contribution is -2.26. The molecule has 0 aromatic heterocycles. The summed E-state index contributed by atoms with van der Waals surface area (Å²) in [5.74, 6) is 0.725. The molecule has 166 valence electrons. The zero-order valence-corrected chi connectivity index (χ0v) is 20.3. The summed E-state index contributed by atoms with van der Waals surface area (Å²) in [7, 11) is 0. The van der Waals surface area contributed by atoms with E-state index in [1.807, 2.05) is 61.5 Å². The second-order valence-corrected chi connectivity index (χ2v) is 9.83. The Morgan fingerprint density at radius 2 is 1.72 bits per heavy atom. The molecule has 3 nitrogen and oxygen atoms in total. The third kappa shape index (κ3) is 5.68. The van der Waals surface area contributed by atoms with Crippen molar-refractivity contribution in [3.8, 4) is 0 Å². The second-order valence-electron chi connectivity index (χ2n) is 8.00. The molecular weight excluding hydrogens is 459 g/mol. The molecule has 2 N–H and O–H groups in total. The van der Waals surface area contributed by atoms with E-state index in [9.17, 15) is 4.79 Å². The molecule has 6 heteroatoms. The van der Waals surface area contributed by atoms with Crippen LogP contribution in [-0.2, 0) is 18.6 Å². The summed E-state index contributed by atoms with van der Waals surface area (Å²) in [6, 6.07) is 19.4. The van der Waals surface area contributed by atoms with Gasteiger partial charge in [-0.15, -0.1) is 11.8 Å². The number of amides is 1. The lowest BCUT2D eigenvalue weighted by Gasteiger charge is -2.15. The topological polar surface area (TPSA) is 41.1 Å². The molecule has 0 saturated carbocycles. The van der Waals surface area contributed by atoms with E-state index in [2.05, 4.69) is 16.7 Å². The Balaban J connectivity index is 1.39. The van der Waals surface area contributed by atoms with Gasteiger partial charge in [-0.1, -0.05) is 53.5 Å². The largest absolute Gasteiger partial charge is 0.346 e. The van der Waals surface area contributed by atoms with E-state index in [4.69, 9.17) is 23.2 Å². The fraction of sp³-hybridized carbons (Fsp3) is 0.269. The highest BCUT2D eigenvalue weighted by molar-refractivity contribution is 7.98. The Bertz CT molecular complexity index is 1080. The summed E-state index contributed by atoms with van der Waals surface area (Å²) in [5, 5.41) is 8.02. The van der Waals surface area contributed by atoms with Crippen molar-refractivity contribution in [3.05, 3.63) is 98.5 Å². The number of halogens is 2. The first-order chi connectivity index (χ1) is 15.5. The Morgan fingerprint density at radius 1 is 1.00 bits per heavy atom. The van der Waals surface area contributed by atoms with Crippen LogP contribution in [0.4, 0.5) is 0 Å². The average molecular weight is 485 g/mol. The lowest BCUT2D eigenvalue weighted by atomic mass is 10.0. The van der Waals surface area contributed by atoms with Gasteiger partial charge in [-0.05, 0) is 85.4 Å². The van der Waals surface area contributed by atoms with E-state index >= 15 is 0 Å². The van der Waals surface area contributed by atoms with Crippen LogP contribution in [0.25, 0.3) is 0 Å². The van der Waals surface area contributed by atoms with Crippen molar-refractivity contribution in [1.29, 1.82) is 0 Å². The number of benzene rings is 3. The number of carbonyl (C=O) groups is 1. The second kappa shape index (κ2) is 10.8. The van der Waals surface area contributed by atoms with Crippen molar-refractivity contribution >= 4 is 40.9 Å². The van der Waals surface area contributed by atoms with Gasteiger partial charge < -0.3 is 10.6 Å². The van der Waals surface area contributed by atoms with E-state index in [0.717, 1.165) is 47.8 Å². The van der Waals surface area contributed by atoms with E-state index in [-0.39, 0.29) is 11.9 Å². The van der Waals surface area contributed by atoms with Crippen molar-refractivity contribution in [3.63, 3.8) is 0 Å². The van der Waals surface area contributed by atoms with Crippen LogP contribution in [0, 0.1) is 0 Å². The fourth-order valence-electron chi connectivity index (χ4n) is 3.89. The minimum absolute atomic E-state index is 0.0874. The quantitative estimate of drug-likeness (QED) is 0.394. The summed E-state index contributed by atoms with van der Waals surface area (Å²) in [5.41, 5.74) is 5.60. The van der Waals surface area contributed by atoms with Crippen molar-refractivity contribution in [2.75, 3.05) is 13.1 Å². The SMILES string of the molecule is CC(NC(=O)c1ccc(CSc2c(Cl)ccc3c2CCNCC3)cc1)c1ccc(Cl)cc1. The molecule has 4 rings (SSSR count). The number of hydrogen-bond donors (Lipinski definition) is 2. The van der Waals surface area contributed by atoms with Crippen LogP contribution in [0.5, 0.6) is 0 Å². The molecule has 0 aliphatic carbocycles. The van der Waals surface area contributed by atoms with Crippen LogP contribution >= 0.6 is 35.0 Å². The molecule has 0 saturated heterocycles. The van der Waals surface area contributed by atoms with Gasteiger partial charge in [0.15, 0.2) is 0 Å². The highest BCUT2D eigenvalue weighted by atomic mass is 35.5. The Morgan fingerprint density at radius 3 is 2.47 bits per heavy atom. The van der Waals surface area contributed by atoms with E-state index in [1.165, 1.54) is 16.0 Å². The molecule has 1 aliphatic rings. The van der Waals surface area contributed by atoms with E-state index in [0.29, 0.717) is 10.6 Å². The van der Waals surface area contributed by atoms with Gasteiger partial charge in [-0.3, -0.25) is 4.79 Å². The summed E-state index contributed by atoms with van der Waals surface area (Å²) in [6.45, 7) is 3.96. The zero-order valence-electron chi connectivity index (χ0n) is 18.0. The molecule has 1 unspecified atom stereocenters. The summed E-state index contributed by atoms with van der Waals surface area (Å²) >= 11 is 14.3. The maximum absolute atomic E-state index is 12.7. The third-order valence-electron chi connectivity index (χ3n) is 5.75. The van der Waals surface area contributed by atoms with Gasteiger partial charge in [0.05, 0.1) is 11.1 Å². The highest BCUT2D eigenvalue weighted by Gasteiger charge is 2.16. The number of fused-ring (bicyclic) bond motifs is 1. The Kier molecular flexibility index (Phi) is 7.80. The summed E-state index contributed by atoms with van der Waals surface area (Å²) in [4.78, 5) is 13.8. The first kappa shape index (κ1) is 23.2. The van der Waals surface area contributed by atoms with E-state index in [1.54, 1.807) is 11.8 Å². The lowest BCUT2D eigenvalue weighted by molar-refractivity contribution is 0.0940. The molecular formula is C26H26Cl2N2OS. The molecule has 0 spiro atoms. The summed E-state index contributed by atoms with van der Waals surface area (Å²) in [6.07, 6.45) is 2.04. The highest BCUT2D eigenvalue weighted by Crippen LogP contribution is 2.36. The predicted octanol–water partition coefficient (Wildman–Crippen LogP) is 6.46. The number of thioether (sulfide) groups is 1. The van der Waals surface area contributed by atoms with Gasteiger partial charge in [-0.2, -0.15) is 0 Å². The first-order valence-corrected chi connectivity index (χ1v) is 12.5. The van der Waals surface area contributed by atoms with Crippen molar-refractivity contribution in [2.24, 2.45) is 0 Å². The number of rotatable bonds is 6. The first-order valence-electron chi connectivity index (χ1n) is 10.8. The van der Waals surface area contributed by atoms with Crippen LogP contribution in [0.3, 0.4) is 0 Å². The van der Waals surface area contributed by atoms with Crippen LogP contribution in [0.2, 0.25) is 10.0 Å². The zero-order chi connectivity index (χ0) is 22.5. The molecule has 1 aliphatic heterocycles. The maximum atomic E-state index is 12.7. The van der Waals surface area contributed by atoms with Crippen LogP contribution < -0.4 is 10.6 Å². The standard InChI is InChI=1S/C26H26Cl2N2OS/c1-17(19-6-9-22(27)10-7-19)30-26(31)21-4-2-18(3-5-21)16-32-25-23-13-15-29-14-12-20(23)8-11-24(25)28/h2-11,17,29H,12-16H2,1H3,(H,30,31). The molecule has 1 heterocycles. The third-order valence-corrected chi connectivity index (χ3v) is 7.66. The Hall–Kier alpha value is -1.98. The molecule has 32 heavy (non-hydrogen) atoms. The maximum Gasteiger partial charge on any atom is 0.251 e. The van der Waals surface area contributed by atoms with Gasteiger partial charge in [0.25, 0.3) is 5.91 Å². The molecule has 0 bridgehead atoms. The van der Waals surface area contributed by atoms with Crippen molar-refractivity contribution in [1.82, 2.24) is 10.6 Å². The van der Waals surface area contributed by atoms with Crippen LogP contribution in [0.1, 0.15) is 45.6 Å². The summed E-state index contributed by atoms with van der Waals surface area (Å²) < 4.78 is 0. The smallest absolute Gasteiger partial charge is 0.251 e. The molecule has 3 aromatic carbocycles. The number of nitrogens with one attached hydrogen (secondary N) is 2. The van der Waals surface area contributed by atoms with Gasteiger partial charge in [0.1, 0.15) is 0 Å². The average Bonchev–Trinajstić information content (AvgIpc) is 3.05. The molecule has 1 atom stereocenters. The molecule has 1 amide bonds. The van der Waals surface area contributed by atoms with Gasteiger partial charge in [0.2, 0.25) is 0 Å². The minimum Gasteiger partial charge on any atom is -0.346 e. The number of hydrogen-bond acceptors (Lipinski definition) is 3. The fourth-order valence-corrected chi connectivity index (χ4v) is 5.47. The van der Waals surface area contributed by atoms with Crippen LogP contribution in [-0.4, -0.2) is 19.0 Å². The minimum atomic E-state index is -0.0973. The predicted molar refractivity (Wildman–Crippen MR) is 135 cm³/mol. The van der Waals surface area contributed by atoms with Gasteiger partial charge in [0, 0.05) is 21.2 Å². The van der Waals surface area contributed by atoms with Crippen molar-refractivity contribution in [2.45, 2.75) is 36.5 Å². The molecule has 0 fully saturated rings. The van der Waals surface area contributed by atoms with Crippen molar-refractivity contribution < 1.29 is 4.79 Å². The normalized spacial score (nSPS) is 14.3. The van der Waals surface area contributed by atoms with Gasteiger partial charge >= 0.3 is 0 Å². The van der Waals surface area contributed by atoms with Gasteiger partial charge in [-0.25, -0.2) is 0 Å². The van der Waals surface area contributed by atoms with E-state index < -0.39 is 0 Å². The monoisotopic (exact) mass is 484 g/mol. The van der Waals surface area contributed by atoms with Crippen LogP contribution in [0.15, 0.2) is 65.6 Å². The molecule has 3 aromatic rings. The number of carbonyl (C=O) groups excluding carboxylic acids is 1. The Labute approximate surface area is 203 Å². The molecule has 0 radical (unpaired) electrons.